The van der Waals surface area contributed by atoms with E-state index in [4.69, 9.17) is 27.6 Å². The molecule has 0 aliphatic rings. The smallest absolute Gasteiger partial charge is 0.181 e. The molecule has 1 atom stereocenters. The number of aliphatic hydroxyl groups is 1. The summed E-state index contributed by atoms with van der Waals surface area (Å²) in [5.41, 5.74) is 4.58. The molecule has 1 aromatic heterocycles. The number of nitrogens with one attached hydrogen (secondary N) is 1. The lowest BCUT2D eigenvalue weighted by Crippen LogP contribution is -2.09. The van der Waals surface area contributed by atoms with Crippen molar-refractivity contribution in [1.29, 1.82) is 0 Å². The zero-order valence-electron chi connectivity index (χ0n) is 13.5. The molecule has 3 aromatic carbocycles. The third-order valence-electron chi connectivity index (χ3n) is 4.12. The highest BCUT2D eigenvalue weighted by Gasteiger charge is 2.12. The Morgan fingerprint density at radius 2 is 1.73 bits per heavy atom. The van der Waals surface area contributed by atoms with E-state index in [0.717, 1.165) is 22.3 Å². The number of rotatable bonds is 4. The predicted molar refractivity (Wildman–Crippen MR) is 104 cm³/mol. The predicted octanol–water partition coefficient (Wildman–Crippen LogP) is 5.90. The third-order valence-corrected chi connectivity index (χ3v) is 4.78. The molecule has 1 heterocycles. The first-order valence-corrected chi connectivity index (χ1v) is 8.69. The second-order valence-corrected chi connectivity index (χ2v) is 6.61. The van der Waals surface area contributed by atoms with Crippen molar-refractivity contribution in [3.8, 4) is 11.1 Å². The molecule has 1 unspecified atom stereocenters. The van der Waals surface area contributed by atoms with Gasteiger partial charge in [0.25, 0.3) is 0 Å². The topological polar surface area (TPSA) is 58.3 Å². The average molecular weight is 385 g/mol. The van der Waals surface area contributed by atoms with Crippen LogP contribution < -0.4 is 5.32 Å². The highest BCUT2D eigenvalue weighted by molar-refractivity contribution is 6.34. The van der Waals surface area contributed by atoms with E-state index in [9.17, 15) is 5.11 Å². The van der Waals surface area contributed by atoms with Gasteiger partial charge in [-0.05, 0) is 35.9 Å². The van der Waals surface area contributed by atoms with Crippen LogP contribution in [0.1, 0.15) is 11.8 Å². The molecular weight excluding hydrogens is 371 g/mol. The quantitative estimate of drug-likeness (QED) is 0.429. The summed E-state index contributed by atoms with van der Waals surface area (Å²) in [6, 6.07) is 18.4. The summed E-state index contributed by atoms with van der Waals surface area (Å²) in [5.74, 6) is 0. The lowest BCUT2D eigenvalue weighted by molar-refractivity contribution is 0.208. The Bertz CT molecular complexity index is 1060. The van der Waals surface area contributed by atoms with Gasteiger partial charge in [-0.3, -0.25) is 0 Å². The Morgan fingerprint density at radius 3 is 2.50 bits per heavy atom. The maximum absolute atomic E-state index is 10.3. The summed E-state index contributed by atoms with van der Waals surface area (Å²) in [4.78, 5) is 4.10. The summed E-state index contributed by atoms with van der Waals surface area (Å²) in [6.45, 7) is 0. The van der Waals surface area contributed by atoms with E-state index < -0.39 is 6.23 Å². The Kier molecular flexibility index (Phi) is 4.55. The molecule has 2 N–H and O–H groups in total. The summed E-state index contributed by atoms with van der Waals surface area (Å²) in [5, 5.41) is 14.5. The first kappa shape index (κ1) is 16.9. The molecule has 6 heteroatoms. The van der Waals surface area contributed by atoms with Gasteiger partial charge in [-0.25, -0.2) is 4.98 Å². The second-order valence-electron chi connectivity index (χ2n) is 5.80. The molecule has 0 bridgehead atoms. The Balaban J connectivity index is 1.58. The Hall–Kier alpha value is -2.53. The van der Waals surface area contributed by atoms with Gasteiger partial charge in [0.05, 0.1) is 5.02 Å². The average Bonchev–Trinajstić information content (AvgIpc) is 3.09. The van der Waals surface area contributed by atoms with E-state index >= 15 is 0 Å². The van der Waals surface area contributed by atoms with E-state index in [1.165, 1.54) is 6.39 Å². The number of oxazole rings is 1. The fraction of sp³-hybridized carbons (Fsp3) is 0.0500. The van der Waals surface area contributed by atoms with Crippen LogP contribution >= 0.6 is 23.2 Å². The van der Waals surface area contributed by atoms with Crippen molar-refractivity contribution < 1.29 is 9.52 Å². The molecule has 0 fully saturated rings. The van der Waals surface area contributed by atoms with E-state index in [2.05, 4.69) is 10.3 Å². The SMILES string of the molecule is OC(Nc1ccc(-c2cc3ocnc3cc2Cl)cc1)c1ccccc1Cl. The lowest BCUT2D eigenvalue weighted by atomic mass is 10.0. The zero-order valence-corrected chi connectivity index (χ0v) is 15.0. The largest absolute Gasteiger partial charge is 0.443 e. The standard InChI is InChI=1S/C20H14Cl2N2O2/c21-16-4-2-1-3-14(16)20(25)24-13-7-5-12(6-8-13)15-9-19-18(10-17(15)22)23-11-26-19/h1-11,20,24-25H. The van der Waals surface area contributed by atoms with Crippen LogP contribution in [-0.4, -0.2) is 10.1 Å². The molecule has 26 heavy (non-hydrogen) atoms. The van der Waals surface area contributed by atoms with Crippen LogP contribution in [0.3, 0.4) is 0 Å². The number of anilines is 1. The molecule has 0 amide bonds. The Morgan fingerprint density at radius 1 is 0.962 bits per heavy atom. The molecule has 0 spiro atoms. The van der Waals surface area contributed by atoms with Crippen molar-refractivity contribution in [2.45, 2.75) is 6.23 Å². The number of benzene rings is 3. The maximum Gasteiger partial charge on any atom is 0.181 e. The van der Waals surface area contributed by atoms with Gasteiger partial charge < -0.3 is 14.8 Å². The molecule has 4 rings (SSSR count). The summed E-state index contributed by atoms with van der Waals surface area (Å²) < 4.78 is 5.34. The van der Waals surface area contributed by atoms with Gasteiger partial charge in [0.2, 0.25) is 0 Å². The minimum absolute atomic E-state index is 0.510. The molecule has 4 aromatic rings. The first-order chi connectivity index (χ1) is 12.6. The molecule has 130 valence electrons. The number of aromatic nitrogens is 1. The van der Waals surface area contributed by atoms with Gasteiger partial charge in [-0.15, -0.1) is 0 Å². The van der Waals surface area contributed by atoms with Crippen LogP contribution in [0.15, 0.2) is 71.5 Å². The van der Waals surface area contributed by atoms with Crippen LogP contribution in [0.2, 0.25) is 10.0 Å². The van der Waals surface area contributed by atoms with E-state index in [-0.39, 0.29) is 0 Å². The fourth-order valence-corrected chi connectivity index (χ4v) is 3.28. The maximum atomic E-state index is 10.3. The molecule has 0 radical (unpaired) electrons. The first-order valence-electron chi connectivity index (χ1n) is 7.94. The van der Waals surface area contributed by atoms with Gasteiger partial charge in [-0.1, -0.05) is 53.5 Å². The van der Waals surface area contributed by atoms with Crippen molar-refractivity contribution >= 4 is 40.0 Å². The normalized spacial score (nSPS) is 12.3. The minimum Gasteiger partial charge on any atom is -0.443 e. The number of aliphatic hydroxyl groups excluding tert-OH is 1. The Labute approximate surface area is 160 Å². The molecule has 0 aliphatic carbocycles. The van der Waals surface area contributed by atoms with E-state index in [1.54, 1.807) is 18.2 Å². The molecular formula is C20H14Cl2N2O2. The van der Waals surface area contributed by atoms with Gasteiger partial charge in [0, 0.05) is 21.8 Å². The van der Waals surface area contributed by atoms with E-state index in [1.807, 2.05) is 42.5 Å². The number of halogens is 2. The fourth-order valence-electron chi connectivity index (χ4n) is 2.78. The van der Waals surface area contributed by atoms with Crippen molar-refractivity contribution in [2.24, 2.45) is 0 Å². The monoisotopic (exact) mass is 384 g/mol. The lowest BCUT2D eigenvalue weighted by Gasteiger charge is -2.16. The summed E-state index contributed by atoms with van der Waals surface area (Å²) in [7, 11) is 0. The highest BCUT2D eigenvalue weighted by atomic mass is 35.5. The van der Waals surface area contributed by atoms with Crippen LogP contribution in [0.25, 0.3) is 22.2 Å². The van der Waals surface area contributed by atoms with Crippen LogP contribution in [0, 0.1) is 0 Å². The van der Waals surface area contributed by atoms with Crippen molar-refractivity contribution in [2.75, 3.05) is 5.32 Å². The second kappa shape index (κ2) is 7.00. The number of nitrogens with zero attached hydrogens (tertiary/aromatic N) is 1. The van der Waals surface area contributed by atoms with Crippen molar-refractivity contribution in [1.82, 2.24) is 4.98 Å². The summed E-state index contributed by atoms with van der Waals surface area (Å²) in [6.07, 6.45) is 0.497. The molecule has 0 aliphatic heterocycles. The van der Waals surface area contributed by atoms with Gasteiger partial charge >= 0.3 is 0 Å². The number of hydrogen-bond acceptors (Lipinski definition) is 4. The van der Waals surface area contributed by atoms with E-state index in [0.29, 0.717) is 21.2 Å². The molecule has 4 nitrogen and oxygen atoms in total. The number of hydrogen-bond donors (Lipinski definition) is 2. The van der Waals surface area contributed by atoms with Crippen LogP contribution in [0.5, 0.6) is 0 Å². The number of fused-ring (bicyclic) bond motifs is 1. The van der Waals surface area contributed by atoms with Gasteiger partial charge in [-0.2, -0.15) is 0 Å². The van der Waals surface area contributed by atoms with Gasteiger partial charge in [0.15, 0.2) is 18.2 Å². The molecule has 0 saturated carbocycles. The summed E-state index contributed by atoms with van der Waals surface area (Å²) >= 11 is 12.5. The minimum atomic E-state index is -0.899. The van der Waals surface area contributed by atoms with Crippen LogP contribution in [-0.2, 0) is 0 Å². The third kappa shape index (κ3) is 3.27. The highest BCUT2D eigenvalue weighted by Crippen LogP contribution is 2.33. The van der Waals surface area contributed by atoms with Crippen LogP contribution in [0.4, 0.5) is 5.69 Å². The van der Waals surface area contributed by atoms with Crippen molar-refractivity contribution in [3.63, 3.8) is 0 Å². The zero-order chi connectivity index (χ0) is 18.1. The van der Waals surface area contributed by atoms with Gasteiger partial charge in [0.1, 0.15) is 5.52 Å². The molecule has 0 saturated heterocycles. The van der Waals surface area contributed by atoms with Crippen molar-refractivity contribution in [3.05, 3.63) is 82.7 Å².